The van der Waals surface area contributed by atoms with E-state index in [1.54, 1.807) is 28.4 Å². The van der Waals surface area contributed by atoms with Gasteiger partial charge in [-0.15, -0.1) is 0 Å². The van der Waals surface area contributed by atoms with Gasteiger partial charge in [-0.1, -0.05) is 36.8 Å². The summed E-state index contributed by atoms with van der Waals surface area (Å²) in [6, 6.07) is 11.4. The highest BCUT2D eigenvalue weighted by molar-refractivity contribution is 5.75. The number of aromatic nitrogens is 2. The van der Waals surface area contributed by atoms with E-state index in [1.807, 2.05) is 79.0 Å². The van der Waals surface area contributed by atoms with Crippen LogP contribution in [0.2, 0.25) is 0 Å². The molecule has 3 rings (SSSR count). The van der Waals surface area contributed by atoms with Crippen LogP contribution in [-0.4, -0.2) is 83.5 Å². The number of ether oxygens (including phenoxy) is 4. The number of hydrogen-bond donors (Lipinski definition) is 0. The predicted molar refractivity (Wildman–Crippen MR) is 162 cm³/mol. The second-order valence-electron chi connectivity index (χ2n) is 12.4. The van der Waals surface area contributed by atoms with Gasteiger partial charge in [-0.05, 0) is 59.1 Å². The number of benzene rings is 1. The lowest BCUT2D eigenvalue weighted by atomic mass is 9.87. The smallest absolute Gasteiger partial charge is 0.410 e. The van der Waals surface area contributed by atoms with Crippen molar-refractivity contribution in [2.75, 3.05) is 33.9 Å². The van der Waals surface area contributed by atoms with E-state index < -0.39 is 29.2 Å². The summed E-state index contributed by atoms with van der Waals surface area (Å²) in [5.74, 6) is -0.0892. The highest BCUT2D eigenvalue weighted by atomic mass is 16.7. The summed E-state index contributed by atoms with van der Waals surface area (Å²) >= 11 is 0. The van der Waals surface area contributed by atoms with Gasteiger partial charge in [0.15, 0.2) is 18.3 Å². The van der Waals surface area contributed by atoms with E-state index in [0.29, 0.717) is 32.4 Å². The zero-order valence-corrected chi connectivity index (χ0v) is 26.3. The number of amides is 1. The fraction of sp³-hybridized carbons (Fsp3) is 0.581. The molecule has 2 aromatic rings. The second-order valence-corrected chi connectivity index (χ2v) is 12.4. The van der Waals surface area contributed by atoms with Crippen LogP contribution in [0.25, 0.3) is 0 Å². The third-order valence-electron chi connectivity index (χ3n) is 6.53. The molecule has 236 valence electrons. The Kier molecular flexibility index (Phi) is 11.8. The summed E-state index contributed by atoms with van der Waals surface area (Å²) in [5, 5.41) is 0. The van der Waals surface area contributed by atoms with Crippen molar-refractivity contribution < 1.29 is 28.5 Å². The molecule has 0 saturated carbocycles. The van der Waals surface area contributed by atoms with E-state index in [1.165, 1.54) is 4.57 Å². The molecule has 0 aliphatic carbocycles. The Morgan fingerprint density at radius 1 is 1.12 bits per heavy atom. The Morgan fingerprint density at radius 2 is 1.84 bits per heavy atom. The first kappa shape index (κ1) is 33.7. The lowest BCUT2D eigenvalue weighted by molar-refractivity contribution is -0.168. The summed E-state index contributed by atoms with van der Waals surface area (Å²) in [6.45, 7) is 10.2. The molecule has 1 aromatic heterocycles. The van der Waals surface area contributed by atoms with Crippen molar-refractivity contribution >= 4 is 24.2 Å². The minimum Gasteiger partial charge on any atom is -0.460 e. The average Bonchev–Trinajstić information content (AvgIpc) is 3.40. The molecule has 1 saturated heterocycles. The molecular weight excluding hydrogens is 554 g/mol. The zero-order valence-electron chi connectivity index (χ0n) is 26.3. The molecule has 1 aliphatic heterocycles. The highest BCUT2D eigenvalue weighted by Gasteiger charge is 2.33. The first-order valence-corrected chi connectivity index (χ1v) is 14.5. The van der Waals surface area contributed by atoms with Crippen LogP contribution in [0.3, 0.4) is 0 Å². The Hall–Kier alpha value is -3.77. The molecule has 1 fully saturated rings. The lowest BCUT2D eigenvalue weighted by Crippen LogP contribution is -2.37. The Morgan fingerprint density at radius 3 is 2.49 bits per heavy atom. The summed E-state index contributed by atoms with van der Waals surface area (Å²) in [7, 11) is 3.64. The van der Waals surface area contributed by atoms with Gasteiger partial charge >= 0.3 is 17.8 Å². The molecule has 1 amide bonds. The van der Waals surface area contributed by atoms with Crippen LogP contribution in [-0.2, 0) is 30.3 Å². The van der Waals surface area contributed by atoms with Gasteiger partial charge in [0, 0.05) is 33.4 Å². The minimum absolute atomic E-state index is 0.102. The van der Waals surface area contributed by atoms with E-state index in [9.17, 15) is 14.4 Å². The Bertz CT molecular complexity index is 1290. The van der Waals surface area contributed by atoms with Crippen LogP contribution in [0.1, 0.15) is 65.7 Å². The number of hydrogen-bond acceptors (Lipinski definition) is 9. The third kappa shape index (κ3) is 11.1. The molecule has 43 heavy (non-hydrogen) atoms. The van der Waals surface area contributed by atoms with Gasteiger partial charge in [-0.3, -0.25) is 9.36 Å². The second kappa shape index (κ2) is 15.1. The van der Waals surface area contributed by atoms with Crippen LogP contribution in [0, 0.1) is 5.41 Å². The van der Waals surface area contributed by atoms with Crippen molar-refractivity contribution in [3.05, 3.63) is 58.6 Å². The van der Waals surface area contributed by atoms with Gasteiger partial charge in [0.1, 0.15) is 12.2 Å². The van der Waals surface area contributed by atoms with E-state index in [2.05, 4.69) is 9.98 Å². The number of esters is 1. The quantitative estimate of drug-likeness (QED) is 0.141. The van der Waals surface area contributed by atoms with E-state index in [-0.39, 0.29) is 31.1 Å². The molecule has 12 nitrogen and oxygen atoms in total. The number of carbonyl (C=O) groups is 2. The number of rotatable bonds is 13. The Labute approximate surface area is 253 Å². The van der Waals surface area contributed by atoms with Crippen molar-refractivity contribution in [3.63, 3.8) is 0 Å². The van der Waals surface area contributed by atoms with Crippen LogP contribution in [0.15, 0.2) is 52.4 Å². The molecule has 2 heterocycles. The molecule has 0 bridgehead atoms. The van der Waals surface area contributed by atoms with Crippen LogP contribution >= 0.6 is 0 Å². The summed E-state index contributed by atoms with van der Waals surface area (Å²) < 4.78 is 23.9. The molecule has 2 atom stereocenters. The minimum atomic E-state index is -0.802. The third-order valence-corrected chi connectivity index (χ3v) is 6.53. The van der Waals surface area contributed by atoms with Crippen molar-refractivity contribution in [2.45, 2.75) is 78.5 Å². The summed E-state index contributed by atoms with van der Waals surface area (Å²) in [5.41, 5.74) is -0.848. The maximum absolute atomic E-state index is 12.9. The van der Waals surface area contributed by atoms with Gasteiger partial charge in [0.25, 0.3) is 0 Å². The van der Waals surface area contributed by atoms with Gasteiger partial charge in [0.2, 0.25) is 0 Å². The molecule has 2 unspecified atom stereocenters. The standard InChI is InChI=1S/C31H45N5O7/c1-30(2,3)43-29(39)35(19-23-13-9-8-10-14-23)17-12-11-16-31(4,5)27(37)41-21-26-40-20-25(42-26)36-18-15-24(33-28(36)38)32-22-34(6)7/h8-10,13-15,18,22,25-26H,11-12,16-17,19-21H2,1-7H3/b32-22+. The fourth-order valence-electron chi connectivity index (χ4n) is 4.22. The lowest BCUT2D eigenvalue weighted by Gasteiger charge is -2.28. The van der Waals surface area contributed by atoms with Crippen molar-refractivity contribution in [3.8, 4) is 0 Å². The number of unbranched alkanes of at least 4 members (excludes halogenated alkanes) is 1. The van der Waals surface area contributed by atoms with Gasteiger partial charge < -0.3 is 28.7 Å². The molecular formula is C31H45N5O7. The number of carbonyl (C=O) groups excluding carboxylic acids is 2. The molecule has 0 spiro atoms. The SMILES string of the molecule is CN(C)/C=N/c1ccn(C2COC(COC(=O)C(C)(C)CCCCN(Cc3ccccc3)C(=O)OC(C)(C)C)O2)c(=O)n1. The summed E-state index contributed by atoms with van der Waals surface area (Å²) in [4.78, 5) is 49.7. The van der Waals surface area contributed by atoms with Gasteiger partial charge in [-0.2, -0.15) is 4.98 Å². The predicted octanol–water partition coefficient (Wildman–Crippen LogP) is 4.51. The number of nitrogens with zero attached hydrogens (tertiary/aromatic N) is 5. The largest absolute Gasteiger partial charge is 0.460 e. The first-order chi connectivity index (χ1) is 20.2. The molecule has 1 aliphatic rings. The molecule has 0 N–H and O–H groups in total. The van der Waals surface area contributed by atoms with Crippen LogP contribution in [0.5, 0.6) is 0 Å². The van der Waals surface area contributed by atoms with E-state index in [4.69, 9.17) is 18.9 Å². The first-order valence-electron chi connectivity index (χ1n) is 14.5. The number of aliphatic imine (C=N–C) groups is 1. The van der Waals surface area contributed by atoms with Crippen molar-refractivity contribution in [1.29, 1.82) is 0 Å². The van der Waals surface area contributed by atoms with E-state index in [0.717, 1.165) is 5.56 Å². The van der Waals surface area contributed by atoms with E-state index >= 15 is 0 Å². The van der Waals surface area contributed by atoms with Crippen LogP contribution in [0.4, 0.5) is 10.6 Å². The zero-order chi connectivity index (χ0) is 31.6. The highest BCUT2D eigenvalue weighted by Crippen LogP contribution is 2.27. The van der Waals surface area contributed by atoms with Crippen LogP contribution < -0.4 is 5.69 Å². The van der Waals surface area contributed by atoms with Gasteiger partial charge in [0.05, 0.1) is 18.4 Å². The maximum Gasteiger partial charge on any atom is 0.410 e. The monoisotopic (exact) mass is 599 g/mol. The maximum atomic E-state index is 12.9. The normalized spacial score (nSPS) is 17.2. The van der Waals surface area contributed by atoms with Crippen molar-refractivity contribution in [2.24, 2.45) is 10.4 Å². The molecule has 0 radical (unpaired) electrons. The van der Waals surface area contributed by atoms with Crippen molar-refractivity contribution in [1.82, 2.24) is 19.4 Å². The fourth-order valence-corrected chi connectivity index (χ4v) is 4.22. The molecule has 12 heteroatoms. The summed E-state index contributed by atoms with van der Waals surface area (Å²) in [6.07, 6.45) is 3.22. The van der Waals surface area contributed by atoms with Gasteiger partial charge in [-0.25, -0.2) is 14.6 Å². The molecule has 1 aromatic carbocycles. The average molecular weight is 600 g/mol. The topological polar surface area (TPSA) is 125 Å². The Balaban J connectivity index is 1.45.